The van der Waals surface area contributed by atoms with Gasteiger partial charge in [0.05, 0.1) is 6.61 Å². The predicted molar refractivity (Wildman–Crippen MR) is 73.7 cm³/mol. The van der Waals surface area contributed by atoms with Crippen molar-refractivity contribution in [3.63, 3.8) is 0 Å². The first kappa shape index (κ1) is 14.2. The van der Waals surface area contributed by atoms with Gasteiger partial charge in [-0.05, 0) is 40.5 Å². The number of rotatable bonds is 7. The van der Waals surface area contributed by atoms with Crippen molar-refractivity contribution in [2.45, 2.75) is 19.8 Å². The van der Waals surface area contributed by atoms with Crippen LogP contribution in [0.3, 0.4) is 0 Å². The van der Waals surface area contributed by atoms with E-state index >= 15 is 0 Å². The smallest absolute Gasteiger partial charge is 0.151 e. The Hall–Kier alpha value is -0.870. The van der Waals surface area contributed by atoms with Crippen LogP contribution in [-0.2, 0) is 0 Å². The standard InChI is InChI=1S/C13H18BrNO2/c1-2-3-6-15(7-8-16)12-5-4-11(10-17)13(14)9-12/h4-5,9-10,16H,2-3,6-8H2,1H3. The van der Waals surface area contributed by atoms with Crippen LogP contribution in [0.2, 0.25) is 0 Å². The van der Waals surface area contributed by atoms with Crippen LogP contribution >= 0.6 is 15.9 Å². The number of hydrogen-bond donors (Lipinski definition) is 1. The molecule has 0 amide bonds. The van der Waals surface area contributed by atoms with Gasteiger partial charge in [0.25, 0.3) is 0 Å². The number of benzene rings is 1. The second-order valence-electron chi connectivity index (χ2n) is 3.89. The number of aliphatic hydroxyl groups excluding tert-OH is 1. The van der Waals surface area contributed by atoms with Crippen molar-refractivity contribution in [3.8, 4) is 0 Å². The summed E-state index contributed by atoms with van der Waals surface area (Å²) in [5, 5.41) is 9.06. The highest BCUT2D eigenvalue weighted by Gasteiger charge is 2.07. The van der Waals surface area contributed by atoms with Gasteiger partial charge in [-0.3, -0.25) is 4.79 Å². The van der Waals surface area contributed by atoms with E-state index in [-0.39, 0.29) is 6.61 Å². The van der Waals surface area contributed by atoms with Crippen LogP contribution in [0.1, 0.15) is 30.1 Å². The maximum Gasteiger partial charge on any atom is 0.151 e. The molecule has 1 aromatic carbocycles. The number of carbonyl (C=O) groups excluding carboxylic acids is 1. The van der Waals surface area contributed by atoms with Gasteiger partial charge in [-0.15, -0.1) is 0 Å². The number of aliphatic hydroxyl groups is 1. The van der Waals surface area contributed by atoms with Gasteiger partial charge in [-0.2, -0.15) is 0 Å². The number of hydrogen-bond acceptors (Lipinski definition) is 3. The molecule has 1 aromatic rings. The highest BCUT2D eigenvalue weighted by atomic mass is 79.9. The van der Waals surface area contributed by atoms with E-state index in [0.29, 0.717) is 12.1 Å². The van der Waals surface area contributed by atoms with E-state index in [4.69, 9.17) is 5.11 Å². The summed E-state index contributed by atoms with van der Waals surface area (Å²) in [6.07, 6.45) is 3.04. The van der Waals surface area contributed by atoms with Gasteiger partial charge in [0.2, 0.25) is 0 Å². The van der Waals surface area contributed by atoms with E-state index in [9.17, 15) is 4.79 Å². The Balaban J connectivity index is 2.85. The monoisotopic (exact) mass is 299 g/mol. The fourth-order valence-electron chi connectivity index (χ4n) is 1.65. The molecule has 17 heavy (non-hydrogen) atoms. The average Bonchev–Trinajstić information content (AvgIpc) is 2.34. The topological polar surface area (TPSA) is 40.5 Å². The van der Waals surface area contributed by atoms with E-state index in [1.54, 1.807) is 6.07 Å². The van der Waals surface area contributed by atoms with Crippen molar-refractivity contribution in [3.05, 3.63) is 28.2 Å². The SMILES string of the molecule is CCCCN(CCO)c1ccc(C=O)c(Br)c1. The van der Waals surface area contributed by atoms with Crippen LogP contribution in [0, 0.1) is 0 Å². The van der Waals surface area contributed by atoms with E-state index in [2.05, 4.69) is 27.8 Å². The van der Waals surface area contributed by atoms with Crippen molar-refractivity contribution in [2.75, 3.05) is 24.6 Å². The second-order valence-corrected chi connectivity index (χ2v) is 4.74. The first-order valence-corrected chi connectivity index (χ1v) is 6.62. The molecule has 4 heteroatoms. The zero-order valence-corrected chi connectivity index (χ0v) is 11.6. The minimum atomic E-state index is 0.136. The molecule has 1 rings (SSSR count). The minimum absolute atomic E-state index is 0.136. The highest BCUT2D eigenvalue weighted by Crippen LogP contribution is 2.23. The van der Waals surface area contributed by atoms with Crippen LogP contribution in [-0.4, -0.2) is 31.1 Å². The summed E-state index contributed by atoms with van der Waals surface area (Å²) in [6.45, 7) is 3.82. The molecule has 0 spiro atoms. The largest absolute Gasteiger partial charge is 0.395 e. The molecule has 0 saturated carbocycles. The second kappa shape index (κ2) is 7.45. The molecule has 0 aliphatic carbocycles. The highest BCUT2D eigenvalue weighted by molar-refractivity contribution is 9.10. The van der Waals surface area contributed by atoms with Gasteiger partial charge in [0, 0.05) is 28.8 Å². The molecule has 0 heterocycles. The molecular weight excluding hydrogens is 282 g/mol. The summed E-state index contributed by atoms with van der Waals surface area (Å²) >= 11 is 3.37. The molecule has 0 saturated heterocycles. The van der Waals surface area contributed by atoms with E-state index < -0.39 is 0 Å². The summed E-state index contributed by atoms with van der Waals surface area (Å²) in [4.78, 5) is 12.9. The van der Waals surface area contributed by atoms with E-state index in [1.165, 1.54) is 0 Å². The van der Waals surface area contributed by atoms with E-state index in [0.717, 1.165) is 35.8 Å². The lowest BCUT2D eigenvalue weighted by atomic mass is 10.2. The maximum absolute atomic E-state index is 10.7. The van der Waals surface area contributed by atoms with E-state index in [1.807, 2.05) is 12.1 Å². The lowest BCUT2D eigenvalue weighted by molar-refractivity contribution is 0.112. The summed E-state index contributed by atoms with van der Waals surface area (Å²) in [7, 11) is 0. The summed E-state index contributed by atoms with van der Waals surface area (Å²) in [5.74, 6) is 0. The number of carbonyl (C=O) groups is 1. The third-order valence-electron chi connectivity index (χ3n) is 2.63. The number of unbranched alkanes of at least 4 members (excludes halogenated alkanes) is 1. The summed E-state index contributed by atoms with van der Waals surface area (Å²) in [6, 6.07) is 5.64. The first-order chi connectivity index (χ1) is 8.22. The molecule has 0 atom stereocenters. The van der Waals surface area contributed by atoms with Crippen LogP contribution < -0.4 is 4.90 Å². The van der Waals surface area contributed by atoms with Crippen LogP contribution in [0.15, 0.2) is 22.7 Å². The van der Waals surface area contributed by atoms with Crippen molar-refractivity contribution < 1.29 is 9.90 Å². The molecular formula is C13H18BrNO2. The van der Waals surface area contributed by atoms with Gasteiger partial charge in [0.1, 0.15) is 0 Å². The molecule has 94 valence electrons. The van der Waals surface area contributed by atoms with Gasteiger partial charge in [0.15, 0.2) is 6.29 Å². The zero-order chi connectivity index (χ0) is 12.7. The fourth-order valence-corrected chi connectivity index (χ4v) is 2.11. The quantitative estimate of drug-likeness (QED) is 0.787. The molecule has 0 aliphatic heterocycles. The van der Waals surface area contributed by atoms with Crippen LogP contribution in [0.25, 0.3) is 0 Å². The maximum atomic E-state index is 10.7. The molecule has 0 fully saturated rings. The molecule has 0 unspecified atom stereocenters. The molecule has 1 N–H and O–H groups in total. The lowest BCUT2D eigenvalue weighted by Crippen LogP contribution is -2.27. The molecule has 0 bridgehead atoms. The van der Waals surface area contributed by atoms with Crippen LogP contribution in [0.5, 0.6) is 0 Å². The number of anilines is 1. The minimum Gasteiger partial charge on any atom is -0.395 e. The number of halogens is 1. The summed E-state index contributed by atoms with van der Waals surface area (Å²) in [5.41, 5.74) is 1.68. The Bertz CT molecular complexity index is 368. The van der Waals surface area contributed by atoms with Gasteiger partial charge in [-0.1, -0.05) is 13.3 Å². The van der Waals surface area contributed by atoms with Gasteiger partial charge < -0.3 is 10.0 Å². The molecule has 0 radical (unpaired) electrons. The average molecular weight is 300 g/mol. The predicted octanol–water partition coefficient (Wildman–Crippen LogP) is 2.86. The first-order valence-electron chi connectivity index (χ1n) is 5.83. The molecule has 0 aromatic heterocycles. The third-order valence-corrected chi connectivity index (χ3v) is 3.31. The molecule has 3 nitrogen and oxygen atoms in total. The number of aldehydes is 1. The van der Waals surface area contributed by atoms with Gasteiger partial charge >= 0.3 is 0 Å². The Morgan fingerprint density at radius 1 is 1.41 bits per heavy atom. The Morgan fingerprint density at radius 3 is 2.71 bits per heavy atom. The summed E-state index contributed by atoms with van der Waals surface area (Å²) < 4.78 is 0.796. The third kappa shape index (κ3) is 4.13. The zero-order valence-electron chi connectivity index (χ0n) is 10.0. The normalized spacial score (nSPS) is 10.3. The molecule has 0 aliphatic rings. The van der Waals surface area contributed by atoms with Gasteiger partial charge in [-0.25, -0.2) is 0 Å². The number of nitrogens with zero attached hydrogens (tertiary/aromatic N) is 1. The lowest BCUT2D eigenvalue weighted by Gasteiger charge is -2.24. The Kier molecular flexibility index (Phi) is 6.22. The van der Waals surface area contributed by atoms with Crippen molar-refractivity contribution in [1.82, 2.24) is 0 Å². The van der Waals surface area contributed by atoms with Crippen LogP contribution in [0.4, 0.5) is 5.69 Å². The fraction of sp³-hybridized carbons (Fsp3) is 0.462. The van der Waals surface area contributed by atoms with Crippen molar-refractivity contribution in [2.24, 2.45) is 0 Å². The van der Waals surface area contributed by atoms with Crippen molar-refractivity contribution in [1.29, 1.82) is 0 Å². The Labute approximate surface area is 111 Å². The van der Waals surface area contributed by atoms with Crippen molar-refractivity contribution >= 4 is 27.9 Å². The Morgan fingerprint density at radius 2 is 2.18 bits per heavy atom.